The Kier molecular flexibility index (Phi) is 5.16. The Hall–Kier alpha value is -1.05. The summed E-state index contributed by atoms with van der Waals surface area (Å²) in [6, 6.07) is 0.554. The maximum Gasteiger partial charge on any atom is 0.164 e. The van der Waals surface area contributed by atoms with Crippen LogP contribution in [0.25, 0.3) is 0 Å². The second-order valence-corrected chi connectivity index (χ2v) is 4.08. The van der Waals surface area contributed by atoms with Crippen LogP contribution in [0.1, 0.15) is 45.4 Å². The lowest BCUT2D eigenvalue weighted by Gasteiger charge is -2.22. The molecule has 2 heteroatoms. The molecular formula is C13H21NO. The van der Waals surface area contributed by atoms with Crippen LogP contribution in [0.4, 0.5) is 0 Å². The zero-order valence-electron chi connectivity index (χ0n) is 9.59. The molecule has 1 N–H and O–H groups in total. The molecule has 84 valence electrons. The fraction of sp³-hybridized carbons (Fsp3) is 0.615. The van der Waals surface area contributed by atoms with Gasteiger partial charge < -0.3 is 5.32 Å². The van der Waals surface area contributed by atoms with Crippen molar-refractivity contribution in [1.82, 2.24) is 5.32 Å². The number of rotatable bonds is 5. The van der Waals surface area contributed by atoms with Crippen molar-refractivity contribution in [1.29, 1.82) is 0 Å². The maximum absolute atomic E-state index is 11.4. The fourth-order valence-electron chi connectivity index (χ4n) is 1.93. The van der Waals surface area contributed by atoms with Crippen molar-refractivity contribution in [3.05, 3.63) is 24.4 Å². The predicted octanol–water partition coefficient (Wildman–Crippen LogP) is 2.96. The summed E-state index contributed by atoms with van der Waals surface area (Å²) in [7, 11) is 0. The fourth-order valence-corrected chi connectivity index (χ4v) is 1.93. The lowest BCUT2D eigenvalue weighted by Crippen LogP contribution is -2.27. The van der Waals surface area contributed by atoms with Crippen LogP contribution in [0.3, 0.4) is 0 Å². The average molecular weight is 207 g/mol. The zero-order valence-corrected chi connectivity index (χ0v) is 9.59. The van der Waals surface area contributed by atoms with Gasteiger partial charge in [0.2, 0.25) is 0 Å². The standard InChI is InChI=1S/C13H21NO/c1-3-11(13(15)4-2)10-14-12-8-6-5-7-9-12/h3,10,12,14H,1,4-9H2,2H3. The number of carbonyl (C=O) groups is 1. The van der Waals surface area contributed by atoms with E-state index in [1.165, 1.54) is 32.1 Å². The van der Waals surface area contributed by atoms with E-state index < -0.39 is 0 Å². The first-order valence-corrected chi connectivity index (χ1v) is 5.89. The highest BCUT2D eigenvalue weighted by atomic mass is 16.1. The van der Waals surface area contributed by atoms with Crippen LogP contribution in [0, 0.1) is 0 Å². The summed E-state index contributed by atoms with van der Waals surface area (Å²) in [6.07, 6.45) is 10.4. The quantitative estimate of drug-likeness (QED) is 0.554. The lowest BCUT2D eigenvalue weighted by molar-refractivity contribution is -0.115. The summed E-state index contributed by atoms with van der Waals surface area (Å²) in [5, 5.41) is 3.33. The van der Waals surface area contributed by atoms with Crippen molar-refractivity contribution in [3.63, 3.8) is 0 Å². The van der Waals surface area contributed by atoms with Crippen molar-refractivity contribution < 1.29 is 4.79 Å². The summed E-state index contributed by atoms with van der Waals surface area (Å²) in [5.41, 5.74) is 0.711. The normalized spacial score (nSPS) is 18.6. The molecule has 1 rings (SSSR count). The molecule has 0 atom stereocenters. The number of carbonyl (C=O) groups excluding carboxylic acids is 1. The SMILES string of the molecule is C=CC(=CNC1CCCCC1)C(=O)CC. The molecule has 0 aliphatic heterocycles. The van der Waals surface area contributed by atoms with Gasteiger partial charge in [0.1, 0.15) is 0 Å². The van der Waals surface area contributed by atoms with Gasteiger partial charge in [0.15, 0.2) is 5.78 Å². The zero-order chi connectivity index (χ0) is 11.1. The Bertz CT molecular complexity index is 249. The van der Waals surface area contributed by atoms with Gasteiger partial charge in [0, 0.05) is 24.2 Å². The molecule has 1 fully saturated rings. The molecule has 15 heavy (non-hydrogen) atoms. The van der Waals surface area contributed by atoms with E-state index in [4.69, 9.17) is 0 Å². The summed E-state index contributed by atoms with van der Waals surface area (Å²) >= 11 is 0. The molecule has 0 bridgehead atoms. The van der Waals surface area contributed by atoms with Gasteiger partial charge in [-0.2, -0.15) is 0 Å². The van der Waals surface area contributed by atoms with Gasteiger partial charge in [-0.25, -0.2) is 0 Å². The molecule has 0 heterocycles. The van der Waals surface area contributed by atoms with E-state index in [2.05, 4.69) is 11.9 Å². The lowest BCUT2D eigenvalue weighted by atomic mass is 9.95. The molecule has 0 radical (unpaired) electrons. The number of allylic oxidation sites excluding steroid dienone is 2. The molecule has 2 nitrogen and oxygen atoms in total. The van der Waals surface area contributed by atoms with Gasteiger partial charge in [0.05, 0.1) is 0 Å². The van der Waals surface area contributed by atoms with Gasteiger partial charge in [-0.3, -0.25) is 4.79 Å². The third-order valence-electron chi connectivity index (χ3n) is 2.94. The first kappa shape index (κ1) is 12.0. The highest BCUT2D eigenvalue weighted by molar-refractivity contribution is 5.97. The van der Waals surface area contributed by atoms with E-state index in [-0.39, 0.29) is 5.78 Å². The topological polar surface area (TPSA) is 29.1 Å². The Morgan fingerprint density at radius 3 is 2.60 bits per heavy atom. The van der Waals surface area contributed by atoms with Crippen LogP contribution in [0.2, 0.25) is 0 Å². The van der Waals surface area contributed by atoms with Gasteiger partial charge in [-0.1, -0.05) is 38.8 Å². The molecule has 0 spiro atoms. The first-order chi connectivity index (χ1) is 7.27. The molecule has 1 aliphatic rings. The molecule has 0 aromatic heterocycles. The van der Waals surface area contributed by atoms with Gasteiger partial charge in [0.25, 0.3) is 0 Å². The van der Waals surface area contributed by atoms with Crippen LogP contribution < -0.4 is 5.32 Å². The van der Waals surface area contributed by atoms with Crippen LogP contribution in [-0.2, 0) is 4.79 Å². The Morgan fingerprint density at radius 2 is 2.07 bits per heavy atom. The minimum Gasteiger partial charge on any atom is -0.388 e. The van der Waals surface area contributed by atoms with Crippen LogP contribution in [0.5, 0.6) is 0 Å². The monoisotopic (exact) mass is 207 g/mol. The number of nitrogens with one attached hydrogen (secondary N) is 1. The smallest absolute Gasteiger partial charge is 0.164 e. The second kappa shape index (κ2) is 6.44. The minimum atomic E-state index is 0.160. The van der Waals surface area contributed by atoms with Gasteiger partial charge in [-0.05, 0) is 12.8 Å². The predicted molar refractivity (Wildman–Crippen MR) is 63.6 cm³/mol. The number of ketones is 1. The van der Waals surface area contributed by atoms with Crippen molar-refractivity contribution >= 4 is 5.78 Å². The number of hydrogen-bond acceptors (Lipinski definition) is 2. The van der Waals surface area contributed by atoms with Crippen LogP contribution in [0.15, 0.2) is 24.4 Å². The van der Waals surface area contributed by atoms with E-state index in [1.807, 2.05) is 13.1 Å². The van der Waals surface area contributed by atoms with E-state index in [0.29, 0.717) is 18.0 Å². The Balaban J connectivity index is 2.45. The first-order valence-electron chi connectivity index (χ1n) is 5.89. The molecule has 0 aromatic rings. The third-order valence-corrected chi connectivity index (χ3v) is 2.94. The van der Waals surface area contributed by atoms with Gasteiger partial charge >= 0.3 is 0 Å². The van der Waals surface area contributed by atoms with Gasteiger partial charge in [-0.15, -0.1) is 0 Å². The molecular weight excluding hydrogens is 186 g/mol. The van der Waals surface area contributed by atoms with Crippen molar-refractivity contribution in [3.8, 4) is 0 Å². The van der Waals surface area contributed by atoms with Crippen molar-refractivity contribution in [2.24, 2.45) is 0 Å². The molecule has 0 saturated heterocycles. The molecule has 1 aliphatic carbocycles. The molecule has 0 unspecified atom stereocenters. The molecule has 0 amide bonds. The van der Waals surface area contributed by atoms with Crippen molar-refractivity contribution in [2.45, 2.75) is 51.5 Å². The number of Topliss-reactive ketones (excluding diaryl/α,β-unsaturated/α-hetero) is 1. The third kappa shape index (κ3) is 3.90. The molecule has 0 aromatic carbocycles. The highest BCUT2D eigenvalue weighted by Crippen LogP contribution is 2.17. The highest BCUT2D eigenvalue weighted by Gasteiger charge is 2.11. The van der Waals surface area contributed by atoms with Crippen LogP contribution in [-0.4, -0.2) is 11.8 Å². The second-order valence-electron chi connectivity index (χ2n) is 4.08. The number of hydrogen-bond donors (Lipinski definition) is 1. The maximum atomic E-state index is 11.4. The summed E-state index contributed by atoms with van der Waals surface area (Å²) in [4.78, 5) is 11.4. The van der Waals surface area contributed by atoms with E-state index in [9.17, 15) is 4.79 Å². The largest absolute Gasteiger partial charge is 0.388 e. The van der Waals surface area contributed by atoms with E-state index in [1.54, 1.807) is 6.08 Å². The Morgan fingerprint density at radius 1 is 1.40 bits per heavy atom. The molecule has 1 saturated carbocycles. The minimum absolute atomic E-state index is 0.160. The average Bonchev–Trinajstić information content (AvgIpc) is 2.31. The van der Waals surface area contributed by atoms with Crippen LogP contribution >= 0.6 is 0 Å². The summed E-state index contributed by atoms with van der Waals surface area (Å²) < 4.78 is 0. The summed E-state index contributed by atoms with van der Waals surface area (Å²) in [6.45, 7) is 5.54. The van der Waals surface area contributed by atoms with E-state index in [0.717, 1.165) is 0 Å². The van der Waals surface area contributed by atoms with Crippen molar-refractivity contribution in [2.75, 3.05) is 0 Å². The van der Waals surface area contributed by atoms with E-state index >= 15 is 0 Å². The Labute approximate surface area is 92.4 Å². The summed E-state index contributed by atoms with van der Waals surface area (Å²) in [5.74, 6) is 0.160.